The SMILES string of the molecule is Cc1nc(N(C)C2CCOC2C)ncc1CCl. The van der Waals surface area contributed by atoms with Gasteiger partial charge in [-0.25, -0.2) is 9.97 Å². The molecule has 0 saturated carbocycles. The average Bonchev–Trinajstić information content (AvgIpc) is 2.74. The number of likely N-dealkylation sites (N-methyl/N-ethyl adjacent to an activating group) is 1. The molecule has 0 N–H and O–H groups in total. The summed E-state index contributed by atoms with van der Waals surface area (Å²) in [5, 5.41) is 0. The van der Waals surface area contributed by atoms with Crippen LogP contribution in [0.15, 0.2) is 6.20 Å². The minimum absolute atomic E-state index is 0.233. The molecule has 1 aromatic rings. The highest BCUT2D eigenvalue weighted by molar-refractivity contribution is 6.17. The van der Waals surface area contributed by atoms with Gasteiger partial charge >= 0.3 is 0 Å². The number of halogens is 1. The van der Waals surface area contributed by atoms with Gasteiger partial charge in [0.05, 0.1) is 18.0 Å². The van der Waals surface area contributed by atoms with Crippen molar-refractivity contribution in [2.75, 3.05) is 18.6 Å². The molecule has 0 aliphatic carbocycles. The molecule has 0 spiro atoms. The molecule has 0 aromatic carbocycles. The Balaban J connectivity index is 2.19. The van der Waals surface area contributed by atoms with Crippen molar-refractivity contribution in [2.24, 2.45) is 0 Å². The predicted molar refractivity (Wildman–Crippen MR) is 68.5 cm³/mol. The molecule has 2 unspecified atom stereocenters. The second-order valence-electron chi connectivity index (χ2n) is 4.46. The summed E-state index contributed by atoms with van der Waals surface area (Å²) < 4.78 is 5.56. The number of ether oxygens (including phenoxy) is 1. The lowest BCUT2D eigenvalue weighted by molar-refractivity contribution is 0.118. The predicted octanol–water partition coefficient (Wildman–Crippen LogP) is 2.14. The van der Waals surface area contributed by atoms with E-state index in [1.807, 2.05) is 20.2 Å². The van der Waals surface area contributed by atoms with Crippen molar-refractivity contribution in [1.82, 2.24) is 9.97 Å². The number of aromatic nitrogens is 2. The highest BCUT2D eigenvalue weighted by atomic mass is 35.5. The fraction of sp³-hybridized carbons (Fsp3) is 0.667. The Morgan fingerprint density at radius 1 is 1.59 bits per heavy atom. The molecule has 2 rings (SSSR count). The number of anilines is 1. The van der Waals surface area contributed by atoms with E-state index in [2.05, 4.69) is 21.8 Å². The molecule has 0 radical (unpaired) electrons. The molecule has 0 amide bonds. The van der Waals surface area contributed by atoms with Gasteiger partial charge in [0.15, 0.2) is 0 Å². The summed E-state index contributed by atoms with van der Waals surface area (Å²) in [4.78, 5) is 11.0. The third kappa shape index (κ3) is 2.53. The van der Waals surface area contributed by atoms with Crippen LogP contribution in [0.25, 0.3) is 0 Å². The summed E-state index contributed by atoms with van der Waals surface area (Å²) in [5.41, 5.74) is 1.93. The van der Waals surface area contributed by atoms with Crippen LogP contribution in [-0.4, -0.2) is 35.8 Å². The Hall–Kier alpha value is -0.870. The van der Waals surface area contributed by atoms with Gasteiger partial charge in [0.25, 0.3) is 0 Å². The lowest BCUT2D eigenvalue weighted by atomic mass is 10.1. The van der Waals surface area contributed by atoms with Crippen molar-refractivity contribution in [1.29, 1.82) is 0 Å². The zero-order valence-corrected chi connectivity index (χ0v) is 11.2. The third-order valence-electron chi connectivity index (χ3n) is 3.36. The highest BCUT2D eigenvalue weighted by Crippen LogP contribution is 2.22. The van der Waals surface area contributed by atoms with Crippen LogP contribution in [0.2, 0.25) is 0 Å². The molecule has 1 fully saturated rings. The van der Waals surface area contributed by atoms with E-state index in [9.17, 15) is 0 Å². The van der Waals surface area contributed by atoms with Gasteiger partial charge in [-0.2, -0.15) is 0 Å². The van der Waals surface area contributed by atoms with E-state index < -0.39 is 0 Å². The molecule has 17 heavy (non-hydrogen) atoms. The first-order valence-electron chi connectivity index (χ1n) is 5.86. The molecule has 2 atom stereocenters. The quantitative estimate of drug-likeness (QED) is 0.776. The van der Waals surface area contributed by atoms with E-state index in [4.69, 9.17) is 16.3 Å². The van der Waals surface area contributed by atoms with Gasteiger partial charge in [0.1, 0.15) is 0 Å². The number of alkyl halides is 1. The lowest BCUT2D eigenvalue weighted by Crippen LogP contribution is -2.37. The number of aryl methyl sites for hydroxylation is 1. The molecule has 94 valence electrons. The molecule has 1 aromatic heterocycles. The second kappa shape index (κ2) is 5.19. The second-order valence-corrected chi connectivity index (χ2v) is 4.72. The Bertz CT molecular complexity index is 399. The van der Waals surface area contributed by atoms with Crippen molar-refractivity contribution >= 4 is 17.5 Å². The summed E-state index contributed by atoms with van der Waals surface area (Å²) in [6.07, 6.45) is 3.07. The molecule has 2 heterocycles. The molecular formula is C12H18ClN3O. The maximum absolute atomic E-state index is 5.80. The summed E-state index contributed by atoms with van der Waals surface area (Å²) in [7, 11) is 2.02. The molecular weight excluding hydrogens is 238 g/mol. The smallest absolute Gasteiger partial charge is 0.225 e. The first-order chi connectivity index (χ1) is 8.13. The number of nitrogens with zero attached hydrogens (tertiary/aromatic N) is 3. The summed E-state index contributed by atoms with van der Waals surface area (Å²) >= 11 is 5.80. The molecule has 1 aliphatic heterocycles. The van der Waals surface area contributed by atoms with E-state index >= 15 is 0 Å². The lowest BCUT2D eigenvalue weighted by Gasteiger charge is -2.27. The van der Waals surface area contributed by atoms with Crippen LogP contribution in [0.1, 0.15) is 24.6 Å². The molecule has 1 aliphatic rings. The highest BCUT2D eigenvalue weighted by Gasteiger charge is 2.29. The number of hydrogen-bond donors (Lipinski definition) is 0. The van der Waals surface area contributed by atoms with Crippen LogP contribution in [0.4, 0.5) is 5.95 Å². The minimum Gasteiger partial charge on any atom is -0.376 e. The van der Waals surface area contributed by atoms with Crippen LogP contribution >= 0.6 is 11.6 Å². The molecule has 0 bridgehead atoms. The van der Waals surface area contributed by atoms with E-state index in [0.29, 0.717) is 11.9 Å². The number of hydrogen-bond acceptors (Lipinski definition) is 4. The van der Waals surface area contributed by atoms with E-state index in [1.54, 1.807) is 0 Å². The molecule has 5 heteroatoms. The first kappa shape index (κ1) is 12.6. The topological polar surface area (TPSA) is 38.2 Å². The number of rotatable bonds is 3. The van der Waals surface area contributed by atoms with Gasteiger partial charge in [-0.1, -0.05) is 0 Å². The maximum Gasteiger partial charge on any atom is 0.225 e. The summed E-state index contributed by atoms with van der Waals surface area (Å²) in [6.45, 7) is 4.87. The van der Waals surface area contributed by atoms with Crippen molar-refractivity contribution in [3.8, 4) is 0 Å². The van der Waals surface area contributed by atoms with Crippen LogP contribution in [0.5, 0.6) is 0 Å². The minimum atomic E-state index is 0.233. The van der Waals surface area contributed by atoms with Gasteiger partial charge < -0.3 is 9.64 Å². The standard InChI is InChI=1S/C12H18ClN3O/c1-8-10(6-13)7-14-12(15-8)16(3)11-4-5-17-9(11)2/h7,9,11H,4-6H2,1-3H3. The Labute approximate surface area is 107 Å². The van der Waals surface area contributed by atoms with Gasteiger partial charge in [-0.15, -0.1) is 11.6 Å². The third-order valence-corrected chi connectivity index (χ3v) is 3.65. The maximum atomic E-state index is 5.80. The fourth-order valence-electron chi connectivity index (χ4n) is 2.16. The van der Waals surface area contributed by atoms with Crippen molar-refractivity contribution in [2.45, 2.75) is 38.3 Å². The zero-order valence-electron chi connectivity index (χ0n) is 10.5. The van der Waals surface area contributed by atoms with Crippen LogP contribution in [0, 0.1) is 6.92 Å². The van der Waals surface area contributed by atoms with Crippen molar-refractivity contribution in [3.63, 3.8) is 0 Å². The van der Waals surface area contributed by atoms with Gasteiger partial charge in [-0.3, -0.25) is 0 Å². The van der Waals surface area contributed by atoms with Crippen molar-refractivity contribution in [3.05, 3.63) is 17.5 Å². The van der Waals surface area contributed by atoms with Gasteiger partial charge in [-0.05, 0) is 20.3 Å². The normalized spacial score (nSPS) is 24.0. The largest absolute Gasteiger partial charge is 0.376 e. The van der Waals surface area contributed by atoms with E-state index in [-0.39, 0.29) is 6.10 Å². The van der Waals surface area contributed by atoms with Crippen LogP contribution in [0.3, 0.4) is 0 Å². The van der Waals surface area contributed by atoms with Gasteiger partial charge in [0.2, 0.25) is 5.95 Å². The van der Waals surface area contributed by atoms with Crippen molar-refractivity contribution < 1.29 is 4.74 Å². The Morgan fingerprint density at radius 2 is 2.35 bits per heavy atom. The van der Waals surface area contributed by atoms with E-state index in [0.717, 1.165) is 30.2 Å². The van der Waals surface area contributed by atoms with Crippen LogP contribution in [-0.2, 0) is 10.6 Å². The van der Waals surface area contributed by atoms with E-state index in [1.165, 1.54) is 0 Å². The fourth-order valence-corrected chi connectivity index (χ4v) is 2.42. The monoisotopic (exact) mass is 255 g/mol. The molecule has 4 nitrogen and oxygen atoms in total. The van der Waals surface area contributed by atoms with Crippen LogP contribution < -0.4 is 4.90 Å². The first-order valence-corrected chi connectivity index (χ1v) is 6.40. The zero-order chi connectivity index (χ0) is 12.4. The molecule has 1 saturated heterocycles. The Kier molecular flexibility index (Phi) is 3.84. The Morgan fingerprint density at radius 3 is 2.88 bits per heavy atom. The summed E-state index contributed by atoms with van der Waals surface area (Å²) in [6, 6.07) is 0.358. The van der Waals surface area contributed by atoms with Gasteiger partial charge in [0, 0.05) is 31.1 Å². The summed E-state index contributed by atoms with van der Waals surface area (Å²) in [5.74, 6) is 1.21. The average molecular weight is 256 g/mol.